The molecule has 1 aliphatic rings. The van der Waals surface area contributed by atoms with Gasteiger partial charge in [0.25, 0.3) is 0 Å². The summed E-state index contributed by atoms with van der Waals surface area (Å²) in [6, 6.07) is 5.70. The van der Waals surface area contributed by atoms with Gasteiger partial charge in [0, 0.05) is 19.1 Å². The van der Waals surface area contributed by atoms with E-state index in [2.05, 4.69) is 11.9 Å². The molecule has 2 atom stereocenters. The SMILES string of the molecule is CC1OCCC1Cn1c(N)nc2cccc(Cl)c21. The summed E-state index contributed by atoms with van der Waals surface area (Å²) in [6.07, 6.45) is 1.33. The van der Waals surface area contributed by atoms with E-state index < -0.39 is 0 Å². The number of aromatic nitrogens is 2. The average molecular weight is 266 g/mol. The zero-order valence-corrected chi connectivity index (χ0v) is 11.0. The average Bonchev–Trinajstić information content (AvgIpc) is 2.86. The van der Waals surface area contributed by atoms with E-state index in [0.717, 1.165) is 30.6 Å². The van der Waals surface area contributed by atoms with Gasteiger partial charge in [0.05, 0.1) is 22.2 Å². The monoisotopic (exact) mass is 265 g/mol. The molecule has 0 amide bonds. The molecule has 18 heavy (non-hydrogen) atoms. The van der Waals surface area contributed by atoms with E-state index in [4.69, 9.17) is 22.1 Å². The van der Waals surface area contributed by atoms with Crippen LogP contribution in [0.5, 0.6) is 0 Å². The predicted octanol–water partition coefficient (Wildman–Crippen LogP) is 2.70. The van der Waals surface area contributed by atoms with Gasteiger partial charge < -0.3 is 15.0 Å². The third-order valence-corrected chi connectivity index (χ3v) is 4.00. The van der Waals surface area contributed by atoms with Crippen molar-refractivity contribution >= 4 is 28.6 Å². The lowest BCUT2D eigenvalue weighted by Gasteiger charge is -2.16. The first-order chi connectivity index (χ1) is 8.66. The van der Waals surface area contributed by atoms with Gasteiger partial charge in [0.2, 0.25) is 5.95 Å². The van der Waals surface area contributed by atoms with Crippen molar-refractivity contribution in [3.8, 4) is 0 Å². The molecule has 5 heteroatoms. The van der Waals surface area contributed by atoms with Crippen molar-refractivity contribution in [3.05, 3.63) is 23.2 Å². The molecule has 0 radical (unpaired) electrons. The Bertz CT molecular complexity index is 581. The Labute approximate surface area is 111 Å². The largest absolute Gasteiger partial charge is 0.378 e. The van der Waals surface area contributed by atoms with Crippen LogP contribution in [0.15, 0.2) is 18.2 Å². The smallest absolute Gasteiger partial charge is 0.201 e. The maximum absolute atomic E-state index is 6.25. The number of para-hydroxylation sites is 1. The number of ether oxygens (including phenoxy) is 1. The van der Waals surface area contributed by atoms with Crippen LogP contribution in [0.3, 0.4) is 0 Å². The number of nitrogen functional groups attached to an aromatic ring is 1. The van der Waals surface area contributed by atoms with E-state index in [-0.39, 0.29) is 6.10 Å². The van der Waals surface area contributed by atoms with Crippen LogP contribution in [-0.4, -0.2) is 22.3 Å². The van der Waals surface area contributed by atoms with E-state index >= 15 is 0 Å². The van der Waals surface area contributed by atoms with Gasteiger partial charge in [-0.2, -0.15) is 0 Å². The normalized spacial score (nSPS) is 23.9. The summed E-state index contributed by atoms with van der Waals surface area (Å²) in [6.45, 7) is 3.74. The van der Waals surface area contributed by atoms with Crippen LogP contribution < -0.4 is 5.73 Å². The van der Waals surface area contributed by atoms with Gasteiger partial charge in [-0.3, -0.25) is 0 Å². The summed E-state index contributed by atoms with van der Waals surface area (Å²) >= 11 is 6.25. The molecular formula is C13H16ClN3O. The molecule has 2 heterocycles. The summed E-state index contributed by atoms with van der Waals surface area (Å²) in [7, 11) is 0. The Hall–Kier alpha value is -1.26. The van der Waals surface area contributed by atoms with E-state index in [0.29, 0.717) is 16.9 Å². The number of anilines is 1. The lowest BCUT2D eigenvalue weighted by atomic mass is 10.0. The Morgan fingerprint density at radius 1 is 1.56 bits per heavy atom. The van der Waals surface area contributed by atoms with Crippen LogP contribution in [0.25, 0.3) is 11.0 Å². The fraction of sp³-hybridized carbons (Fsp3) is 0.462. The zero-order chi connectivity index (χ0) is 12.7. The molecule has 0 bridgehead atoms. The Morgan fingerprint density at radius 2 is 2.39 bits per heavy atom. The topological polar surface area (TPSA) is 53.1 Å². The highest BCUT2D eigenvalue weighted by molar-refractivity contribution is 6.35. The highest BCUT2D eigenvalue weighted by Crippen LogP contribution is 2.29. The molecule has 1 aliphatic heterocycles. The van der Waals surface area contributed by atoms with Crippen molar-refractivity contribution < 1.29 is 4.74 Å². The lowest BCUT2D eigenvalue weighted by Crippen LogP contribution is -2.19. The molecule has 1 aromatic heterocycles. The van der Waals surface area contributed by atoms with Gasteiger partial charge in [0.15, 0.2) is 0 Å². The molecule has 0 aliphatic carbocycles. The van der Waals surface area contributed by atoms with Gasteiger partial charge in [-0.05, 0) is 25.5 Å². The molecule has 1 fully saturated rings. The van der Waals surface area contributed by atoms with Gasteiger partial charge in [-0.1, -0.05) is 17.7 Å². The molecular weight excluding hydrogens is 250 g/mol. The molecule has 1 saturated heterocycles. The van der Waals surface area contributed by atoms with Crippen molar-refractivity contribution in [1.82, 2.24) is 9.55 Å². The summed E-state index contributed by atoms with van der Waals surface area (Å²) in [5.74, 6) is 0.998. The summed E-state index contributed by atoms with van der Waals surface area (Å²) in [5, 5.41) is 0.697. The molecule has 2 aromatic rings. The Morgan fingerprint density at radius 3 is 3.11 bits per heavy atom. The molecule has 2 unspecified atom stereocenters. The van der Waals surface area contributed by atoms with Gasteiger partial charge in [-0.25, -0.2) is 4.98 Å². The van der Waals surface area contributed by atoms with Crippen LogP contribution in [0, 0.1) is 5.92 Å². The quantitative estimate of drug-likeness (QED) is 0.908. The lowest BCUT2D eigenvalue weighted by molar-refractivity contribution is 0.102. The molecule has 0 spiro atoms. The van der Waals surface area contributed by atoms with Crippen molar-refractivity contribution in [1.29, 1.82) is 0 Å². The highest BCUT2D eigenvalue weighted by Gasteiger charge is 2.26. The molecule has 1 aromatic carbocycles. The second-order valence-corrected chi connectivity index (χ2v) is 5.22. The zero-order valence-electron chi connectivity index (χ0n) is 10.3. The molecule has 96 valence electrons. The first-order valence-electron chi connectivity index (χ1n) is 6.18. The minimum absolute atomic E-state index is 0.268. The molecule has 0 saturated carbocycles. The van der Waals surface area contributed by atoms with Crippen LogP contribution in [0.4, 0.5) is 5.95 Å². The summed E-state index contributed by atoms with van der Waals surface area (Å²) in [4.78, 5) is 4.36. The number of fused-ring (bicyclic) bond motifs is 1. The number of hydrogen-bond acceptors (Lipinski definition) is 3. The van der Waals surface area contributed by atoms with Crippen LogP contribution >= 0.6 is 11.6 Å². The second-order valence-electron chi connectivity index (χ2n) is 4.81. The fourth-order valence-electron chi connectivity index (χ4n) is 2.59. The third-order valence-electron chi connectivity index (χ3n) is 3.70. The fourth-order valence-corrected chi connectivity index (χ4v) is 2.87. The van der Waals surface area contributed by atoms with E-state index in [1.807, 2.05) is 22.8 Å². The van der Waals surface area contributed by atoms with Crippen molar-refractivity contribution in [2.24, 2.45) is 5.92 Å². The Balaban J connectivity index is 2.03. The van der Waals surface area contributed by atoms with E-state index in [9.17, 15) is 0 Å². The third kappa shape index (κ3) is 1.85. The highest BCUT2D eigenvalue weighted by atomic mass is 35.5. The van der Waals surface area contributed by atoms with Crippen molar-refractivity contribution in [2.75, 3.05) is 12.3 Å². The van der Waals surface area contributed by atoms with Crippen molar-refractivity contribution in [2.45, 2.75) is 26.0 Å². The first-order valence-corrected chi connectivity index (χ1v) is 6.56. The number of imidazole rings is 1. The number of nitrogens with two attached hydrogens (primary N) is 1. The number of rotatable bonds is 2. The molecule has 3 rings (SSSR count). The second kappa shape index (κ2) is 4.44. The summed E-state index contributed by atoms with van der Waals surface area (Å²) in [5.41, 5.74) is 7.78. The first kappa shape index (κ1) is 11.8. The minimum atomic E-state index is 0.268. The standard InChI is InChI=1S/C13H16ClN3O/c1-8-9(5-6-18-8)7-17-12-10(14)3-2-4-11(12)16-13(17)15/h2-4,8-9H,5-7H2,1H3,(H2,15,16). The summed E-state index contributed by atoms with van der Waals surface area (Å²) < 4.78 is 7.60. The van der Waals surface area contributed by atoms with Crippen LogP contribution in [0.1, 0.15) is 13.3 Å². The minimum Gasteiger partial charge on any atom is -0.378 e. The molecule has 4 nitrogen and oxygen atoms in total. The van der Waals surface area contributed by atoms with Gasteiger partial charge in [0.1, 0.15) is 0 Å². The predicted molar refractivity (Wildman–Crippen MR) is 72.7 cm³/mol. The van der Waals surface area contributed by atoms with E-state index in [1.165, 1.54) is 0 Å². The van der Waals surface area contributed by atoms with Crippen molar-refractivity contribution in [3.63, 3.8) is 0 Å². The number of benzene rings is 1. The molecule has 2 N–H and O–H groups in total. The van der Waals surface area contributed by atoms with Crippen LogP contribution in [0.2, 0.25) is 5.02 Å². The van der Waals surface area contributed by atoms with Gasteiger partial charge in [-0.15, -0.1) is 0 Å². The number of nitrogens with zero attached hydrogens (tertiary/aromatic N) is 2. The van der Waals surface area contributed by atoms with Gasteiger partial charge >= 0.3 is 0 Å². The van der Waals surface area contributed by atoms with Crippen LogP contribution in [-0.2, 0) is 11.3 Å². The maximum Gasteiger partial charge on any atom is 0.201 e. The number of halogens is 1. The number of hydrogen-bond donors (Lipinski definition) is 1. The maximum atomic E-state index is 6.25. The van der Waals surface area contributed by atoms with E-state index in [1.54, 1.807) is 0 Å². The Kier molecular flexibility index (Phi) is 2.92.